The predicted molar refractivity (Wildman–Crippen MR) is 59.1 cm³/mol. The van der Waals surface area contributed by atoms with Crippen LogP contribution in [0.1, 0.15) is 18.7 Å². The molecule has 1 aromatic heterocycles. The Labute approximate surface area is 93.2 Å². The van der Waals surface area contributed by atoms with Crippen molar-refractivity contribution < 1.29 is 9.90 Å². The lowest BCUT2D eigenvalue weighted by atomic mass is 10.4. The Kier molecular flexibility index (Phi) is 2.89. The first kappa shape index (κ1) is 10.7. The first-order valence-electron chi connectivity index (χ1n) is 5.24. The van der Waals surface area contributed by atoms with Gasteiger partial charge in [-0.1, -0.05) is 0 Å². The summed E-state index contributed by atoms with van der Waals surface area (Å²) in [4.78, 5) is 16.8. The van der Waals surface area contributed by atoms with E-state index in [1.165, 1.54) is 18.9 Å². The van der Waals surface area contributed by atoms with E-state index in [-0.39, 0.29) is 0 Å². The summed E-state index contributed by atoms with van der Waals surface area (Å²) in [6.07, 6.45) is 4.85. The lowest BCUT2D eigenvalue weighted by molar-refractivity contribution is -0.131. The molecule has 1 fully saturated rings. The van der Waals surface area contributed by atoms with E-state index in [9.17, 15) is 4.79 Å². The van der Waals surface area contributed by atoms with Gasteiger partial charge >= 0.3 is 5.97 Å². The van der Waals surface area contributed by atoms with Crippen LogP contribution in [0.3, 0.4) is 0 Å². The number of aromatic nitrogens is 3. The molecule has 2 rings (SSSR count). The first-order chi connectivity index (χ1) is 7.66. The molecular formula is C10H14N4O2. The molecule has 0 radical (unpaired) electrons. The molecule has 0 aromatic carbocycles. The molecule has 0 aliphatic carbocycles. The largest absolute Gasteiger partial charge is 0.478 e. The molecule has 1 N–H and O–H groups in total. The second kappa shape index (κ2) is 4.34. The lowest BCUT2D eigenvalue weighted by Gasteiger charge is -2.10. The third-order valence-electron chi connectivity index (χ3n) is 2.55. The van der Waals surface area contributed by atoms with Crippen LogP contribution in [-0.4, -0.2) is 38.9 Å². The fourth-order valence-electron chi connectivity index (χ4n) is 1.72. The summed E-state index contributed by atoms with van der Waals surface area (Å²) in [5.41, 5.74) is 0. The van der Waals surface area contributed by atoms with Crippen LogP contribution in [0.2, 0.25) is 0 Å². The third-order valence-corrected chi connectivity index (χ3v) is 2.55. The summed E-state index contributed by atoms with van der Waals surface area (Å²) in [5.74, 6) is 0.264. The van der Waals surface area contributed by atoms with E-state index in [0.717, 1.165) is 19.2 Å². The highest BCUT2D eigenvalue weighted by molar-refractivity contribution is 5.84. The Hall–Kier alpha value is -1.85. The average Bonchev–Trinajstić information content (AvgIpc) is 2.83. The zero-order valence-corrected chi connectivity index (χ0v) is 9.13. The van der Waals surface area contributed by atoms with Gasteiger partial charge in [-0.15, -0.1) is 5.10 Å². The maximum atomic E-state index is 10.4. The van der Waals surface area contributed by atoms with Crippen molar-refractivity contribution in [2.75, 3.05) is 18.0 Å². The number of aliphatic carboxylic acids is 1. The summed E-state index contributed by atoms with van der Waals surface area (Å²) in [5, 5.41) is 12.8. The maximum Gasteiger partial charge on any atom is 0.328 e. The molecule has 1 aliphatic heterocycles. The van der Waals surface area contributed by atoms with Crippen molar-refractivity contribution in [1.82, 2.24) is 14.8 Å². The Balaban J connectivity index is 2.17. The van der Waals surface area contributed by atoms with E-state index in [1.54, 1.807) is 11.7 Å². The van der Waals surface area contributed by atoms with Gasteiger partial charge in [-0.3, -0.25) is 0 Å². The molecule has 16 heavy (non-hydrogen) atoms. The van der Waals surface area contributed by atoms with E-state index in [1.807, 2.05) is 0 Å². The second-order valence-electron chi connectivity index (χ2n) is 3.76. The fraction of sp³-hybridized carbons (Fsp3) is 0.500. The van der Waals surface area contributed by atoms with Gasteiger partial charge in [0.2, 0.25) is 5.95 Å². The van der Waals surface area contributed by atoms with Crippen LogP contribution in [-0.2, 0) is 11.8 Å². The summed E-state index contributed by atoms with van der Waals surface area (Å²) >= 11 is 0. The monoisotopic (exact) mass is 222 g/mol. The highest BCUT2D eigenvalue weighted by Gasteiger charge is 2.17. The van der Waals surface area contributed by atoms with Crippen LogP contribution < -0.4 is 4.90 Å². The molecule has 86 valence electrons. The molecule has 1 saturated heterocycles. The van der Waals surface area contributed by atoms with Crippen LogP contribution >= 0.6 is 0 Å². The molecule has 0 atom stereocenters. The highest BCUT2D eigenvalue weighted by Crippen LogP contribution is 2.16. The molecular weight excluding hydrogens is 208 g/mol. The van der Waals surface area contributed by atoms with E-state index in [2.05, 4.69) is 15.0 Å². The number of carboxylic acids is 1. The number of rotatable bonds is 3. The number of nitrogens with zero attached hydrogens (tertiary/aromatic N) is 4. The number of hydrogen-bond acceptors (Lipinski definition) is 4. The van der Waals surface area contributed by atoms with Crippen LogP contribution in [0.4, 0.5) is 5.95 Å². The SMILES string of the molecule is Cn1nc(N2CCCC2)nc1/C=C/C(=O)O. The molecule has 2 heterocycles. The quantitative estimate of drug-likeness (QED) is 0.754. The van der Waals surface area contributed by atoms with Crippen molar-refractivity contribution in [2.45, 2.75) is 12.8 Å². The Morgan fingerprint density at radius 1 is 1.44 bits per heavy atom. The van der Waals surface area contributed by atoms with Crippen molar-refractivity contribution in [3.63, 3.8) is 0 Å². The third kappa shape index (κ3) is 2.21. The van der Waals surface area contributed by atoms with Gasteiger partial charge in [0.1, 0.15) is 0 Å². The van der Waals surface area contributed by atoms with Gasteiger partial charge in [-0.05, 0) is 18.9 Å². The summed E-state index contributed by atoms with van der Waals surface area (Å²) < 4.78 is 1.59. The number of carbonyl (C=O) groups is 1. The second-order valence-corrected chi connectivity index (χ2v) is 3.76. The Bertz CT molecular complexity index is 418. The lowest BCUT2D eigenvalue weighted by Crippen LogP contribution is -2.19. The normalized spacial score (nSPS) is 16.2. The van der Waals surface area contributed by atoms with Crippen LogP contribution in [0, 0.1) is 0 Å². The van der Waals surface area contributed by atoms with E-state index < -0.39 is 5.97 Å². The van der Waals surface area contributed by atoms with Crippen LogP contribution in [0.5, 0.6) is 0 Å². The first-order valence-corrected chi connectivity index (χ1v) is 5.24. The van der Waals surface area contributed by atoms with Gasteiger partial charge in [0.05, 0.1) is 0 Å². The van der Waals surface area contributed by atoms with Gasteiger partial charge in [-0.25, -0.2) is 9.48 Å². The van der Waals surface area contributed by atoms with E-state index in [4.69, 9.17) is 5.11 Å². The molecule has 6 nitrogen and oxygen atoms in total. The van der Waals surface area contributed by atoms with Gasteiger partial charge in [0.15, 0.2) is 5.82 Å². The minimum absolute atomic E-state index is 0.560. The zero-order valence-electron chi connectivity index (χ0n) is 9.13. The minimum atomic E-state index is -0.981. The number of anilines is 1. The molecule has 0 bridgehead atoms. The maximum absolute atomic E-state index is 10.4. The van der Waals surface area contributed by atoms with Gasteiger partial charge in [0.25, 0.3) is 0 Å². The molecule has 0 amide bonds. The molecule has 0 saturated carbocycles. The molecule has 6 heteroatoms. The minimum Gasteiger partial charge on any atom is -0.478 e. The van der Waals surface area contributed by atoms with Crippen molar-refractivity contribution in [1.29, 1.82) is 0 Å². The van der Waals surface area contributed by atoms with Gasteiger partial charge in [-0.2, -0.15) is 4.98 Å². The molecule has 1 aliphatic rings. The highest BCUT2D eigenvalue weighted by atomic mass is 16.4. The van der Waals surface area contributed by atoms with E-state index >= 15 is 0 Å². The molecule has 0 unspecified atom stereocenters. The average molecular weight is 222 g/mol. The number of hydrogen-bond donors (Lipinski definition) is 1. The van der Waals surface area contributed by atoms with Crippen LogP contribution in [0.15, 0.2) is 6.08 Å². The summed E-state index contributed by atoms with van der Waals surface area (Å²) in [6.45, 7) is 1.96. The number of aryl methyl sites for hydroxylation is 1. The number of carboxylic acid groups (broad SMARTS) is 1. The predicted octanol–water partition coefficient (Wildman–Crippen LogP) is 0.513. The van der Waals surface area contributed by atoms with Gasteiger partial charge < -0.3 is 10.0 Å². The van der Waals surface area contributed by atoms with Gasteiger partial charge in [0, 0.05) is 26.2 Å². The summed E-state index contributed by atoms with van der Waals surface area (Å²) in [7, 11) is 1.76. The Morgan fingerprint density at radius 3 is 2.75 bits per heavy atom. The summed E-state index contributed by atoms with van der Waals surface area (Å²) in [6, 6.07) is 0. The fourth-order valence-corrected chi connectivity index (χ4v) is 1.72. The van der Waals surface area contributed by atoms with E-state index in [0.29, 0.717) is 11.8 Å². The Morgan fingerprint density at radius 2 is 2.12 bits per heavy atom. The van der Waals surface area contributed by atoms with Crippen molar-refractivity contribution in [3.05, 3.63) is 11.9 Å². The van der Waals surface area contributed by atoms with Crippen molar-refractivity contribution >= 4 is 18.0 Å². The van der Waals surface area contributed by atoms with Crippen LogP contribution in [0.25, 0.3) is 6.08 Å². The smallest absolute Gasteiger partial charge is 0.328 e. The topological polar surface area (TPSA) is 71.2 Å². The molecule has 1 aromatic rings. The van der Waals surface area contributed by atoms with Crippen molar-refractivity contribution in [2.24, 2.45) is 7.05 Å². The van der Waals surface area contributed by atoms with Crippen molar-refractivity contribution in [3.8, 4) is 0 Å². The zero-order chi connectivity index (χ0) is 11.5. The standard InChI is InChI=1S/C10H14N4O2/c1-13-8(4-5-9(15)16)11-10(12-13)14-6-2-3-7-14/h4-5H,2-3,6-7H2,1H3,(H,15,16)/b5-4+. The molecule has 0 spiro atoms.